The number of nitrogens with zero attached hydrogens (tertiary/aromatic N) is 1. The average Bonchev–Trinajstić information content (AvgIpc) is 2.74. The molecule has 70 valence electrons. The maximum absolute atomic E-state index is 11.4. The number of hydrogen-bond acceptors (Lipinski definition) is 3. The number of carbonyl (C=O) groups is 1. The van der Waals surface area contributed by atoms with Crippen LogP contribution in [0.3, 0.4) is 0 Å². The molecule has 4 nitrogen and oxygen atoms in total. The van der Waals surface area contributed by atoms with Crippen LogP contribution in [0.4, 0.5) is 0 Å². The van der Waals surface area contributed by atoms with Crippen LogP contribution in [-0.4, -0.2) is 35.4 Å². The Hall–Kier alpha value is -1.28. The van der Waals surface area contributed by atoms with E-state index in [0.29, 0.717) is 12.1 Å². The highest BCUT2D eigenvalue weighted by atomic mass is 16.2. The van der Waals surface area contributed by atoms with Crippen molar-refractivity contribution in [2.24, 2.45) is 0 Å². The number of nitrogens with one attached hydrogen (secondary N) is 1. The zero-order valence-corrected chi connectivity index (χ0v) is 7.54. The summed E-state index contributed by atoms with van der Waals surface area (Å²) in [5.41, 5.74) is 0.554. The molecule has 2 fully saturated rings. The van der Waals surface area contributed by atoms with Gasteiger partial charge < -0.3 is 10.2 Å². The van der Waals surface area contributed by atoms with Crippen molar-refractivity contribution in [2.45, 2.75) is 31.8 Å². The number of piperazine rings is 1. The molecular weight excluding hydrogens is 168 g/mol. The third-order valence-electron chi connectivity index (χ3n) is 2.73. The molecule has 2 rings (SSSR count). The smallest absolute Gasteiger partial charge is 0.222 e. The third-order valence-corrected chi connectivity index (χ3v) is 2.73. The van der Waals surface area contributed by atoms with E-state index in [1.165, 1.54) is 0 Å². The Bertz CT molecular complexity index is 294. The van der Waals surface area contributed by atoms with E-state index in [1.54, 1.807) is 4.90 Å². The van der Waals surface area contributed by atoms with Crippen molar-refractivity contribution in [2.75, 3.05) is 6.54 Å². The molecule has 2 bridgehead atoms. The molecule has 4 heteroatoms. The second-order valence-electron chi connectivity index (χ2n) is 3.51. The number of likely N-dealkylation sites (tertiary alicyclic amines) is 1. The molecule has 13 heavy (non-hydrogen) atoms. The van der Waals surface area contributed by atoms with Gasteiger partial charge in [-0.2, -0.15) is 0 Å². The summed E-state index contributed by atoms with van der Waals surface area (Å²) in [4.78, 5) is 23.7. The van der Waals surface area contributed by atoms with E-state index >= 15 is 0 Å². The highest BCUT2D eigenvalue weighted by Crippen LogP contribution is 2.29. The van der Waals surface area contributed by atoms with Gasteiger partial charge in [0.05, 0.1) is 6.04 Å². The first-order valence-corrected chi connectivity index (χ1v) is 4.57. The lowest BCUT2D eigenvalue weighted by molar-refractivity contribution is -0.131. The van der Waals surface area contributed by atoms with Crippen LogP contribution in [0.1, 0.15) is 19.8 Å². The summed E-state index contributed by atoms with van der Waals surface area (Å²) in [6.45, 7) is 2.58. The molecule has 0 unspecified atom stereocenters. The number of rotatable bonds is 1. The molecule has 2 aliphatic heterocycles. The topological polar surface area (TPSA) is 49.4 Å². The molecule has 0 saturated carbocycles. The van der Waals surface area contributed by atoms with E-state index in [4.69, 9.17) is 0 Å². The normalized spacial score (nSPS) is 30.2. The van der Waals surface area contributed by atoms with Crippen LogP contribution in [-0.2, 0) is 9.59 Å². The molecule has 2 atom stereocenters. The zero-order valence-electron chi connectivity index (χ0n) is 7.54. The van der Waals surface area contributed by atoms with Gasteiger partial charge in [-0.25, -0.2) is 4.79 Å². The zero-order chi connectivity index (χ0) is 9.42. The molecule has 0 aliphatic carbocycles. The van der Waals surface area contributed by atoms with Gasteiger partial charge >= 0.3 is 0 Å². The summed E-state index contributed by atoms with van der Waals surface area (Å²) in [5, 5.41) is 3.05. The molecule has 0 aromatic carbocycles. The van der Waals surface area contributed by atoms with Crippen LogP contribution < -0.4 is 5.32 Å². The fourth-order valence-electron chi connectivity index (χ4n) is 2.11. The van der Waals surface area contributed by atoms with Gasteiger partial charge in [0, 0.05) is 19.0 Å². The highest BCUT2D eigenvalue weighted by Gasteiger charge is 2.43. The van der Waals surface area contributed by atoms with E-state index in [-0.39, 0.29) is 18.0 Å². The summed E-state index contributed by atoms with van der Waals surface area (Å²) in [5.74, 6) is 1.99. The van der Waals surface area contributed by atoms with Crippen LogP contribution in [0.15, 0.2) is 5.70 Å². The van der Waals surface area contributed by atoms with Crippen LogP contribution in [0.25, 0.3) is 0 Å². The molecule has 2 saturated heterocycles. The van der Waals surface area contributed by atoms with Gasteiger partial charge in [-0.15, -0.1) is 0 Å². The average molecular weight is 180 g/mol. The Morgan fingerprint density at radius 3 is 3.08 bits per heavy atom. The van der Waals surface area contributed by atoms with E-state index in [1.807, 2.05) is 12.9 Å². The maximum Gasteiger partial charge on any atom is 0.222 e. The van der Waals surface area contributed by atoms with Crippen LogP contribution in [0.2, 0.25) is 0 Å². The lowest BCUT2D eigenvalue weighted by Crippen LogP contribution is -2.45. The van der Waals surface area contributed by atoms with Crippen molar-refractivity contribution in [3.63, 3.8) is 0 Å². The van der Waals surface area contributed by atoms with Crippen molar-refractivity contribution < 1.29 is 9.59 Å². The van der Waals surface area contributed by atoms with Crippen molar-refractivity contribution >= 4 is 11.8 Å². The fourth-order valence-corrected chi connectivity index (χ4v) is 2.11. The molecule has 0 spiro atoms. The van der Waals surface area contributed by atoms with E-state index in [2.05, 4.69) is 5.32 Å². The molecule has 0 aromatic rings. The minimum Gasteiger partial charge on any atom is -0.373 e. The van der Waals surface area contributed by atoms with Gasteiger partial charge in [0.15, 0.2) is 0 Å². The maximum atomic E-state index is 11.4. The molecular formula is C9H12N2O2. The van der Waals surface area contributed by atoms with Crippen molar-refractivity contribution in [1.82, 2.24) is 10.2 Å². The first-order valence-electron chi connectivity index (χ1n) is 4.57. The molecule has 0 aromatic heterocycles. The number of amides is 1. The van der Waals surface area contributed by atoms with Crippen LogP contribution in [0, 0.1) is 0 Å². The first kappa shape index (κ1) is 8.32. The lowest BCUT2D eigenvalue weighted by atomic mass is 10.2. The Balaban J connectivity index is 2.19. The fraction of sp³-hybridized carbons (Fsp3) is 0.667. The van der Waals surface area contributed by atoms with Crippen LogP contribution >= 0.6 is 0 Å². The Morgan fingerprint density at radius 2 is 2.54 bits per heavy atom. The predicted octanol–water partition coefficient (Wildman–Crippen LogP) is -0.315. The summed E-state index contributed by atoms with van der Waals surface area (Å²) in [7, 11) is 0. The van der Waals surface area contributed by atoms with Crippen molar-refractivity contribution in [3.05, 3.63) is 5.70 Å². The standard InChI is InChI=1S/C9H12N2O2/c1-2-9(13)11-4-6-3-8(11)7(5-12)10-6/h6,8,10H,2-4H2,1H3/t6-,8-/m1/s1. The second kappa shape index (κ2) is 2.89. The van der Waals surface area contributed by atoms with Gasteiger partial charge in [-0.05, 0) is 6.42 Å². The quantitative estimate of drug-likeness (QED) is 0.563. The summed E-state index contributed by atoms with van der Waals surface area (Å²) in [6.07, 6.45) is 1.38. The molecule has 1 N–H and O–H groups in total. The SMILES string of the molecule is CCC(=O)N1C[C@H]2C[C@@H]1C(=C=O)N2. The molecule has 0 radical (unpaired) electrons. The number of hydrogen-bond donors (Lipinski definition) is 1. The molecule has 2 aliphatic rings. The van der Waals surface area contributed by atoms with Gasteiger partial charge in [-0.1, -0.05) is 6.92 Å². The molecule has 1 amide bonds. The predicted molar refractivity (Wildman–Crippen MR) is 46.5 cm³/mol. The summed E-state index contributed by atoms with van der Waals surface area (Å²) in [6, 6.07) is 0.256. The summed E-state index contributed by atoms with van der Waals surface area (Å²) >= 11 is 0. The Morgan fingerprint density at radius 1 is 1.77 bits per heavy atom. The van der Waals surface area contributed by atoms with Crippen molar-refractivity contribution in [3.8, 4) is 0 Å². The third kappa shape index (κ3) is 1.14. The minimum atomic E-state index is -0.0186. The van der Waals surface area contributed by atoms with E-state index in [0.717, 1.165) is 13.0 Å². The lowest BCUT2D eigenvalue weighted by Gasteiger charge is -2.27. The van der Waals surface area contributed by atoms with Gasteiger partial charge in [0.2, 0.25) is 5.91 Å². The van der Waals surface area contributed by atoms with Crippen molar-refractivity contribution in [1.29, 1.82) is 0 Å². The second-order valence-corrected chi connectivity index (χ2v) is 3.51. The monoisotopic (exact) mass is 180 g/mol. The minimum absolute atomic E-state index is 0.0186. The van der Waals surface area contributed by atoms with Crippen LogP contribution in [0.5, 0.6) is 0 Å². The van der Waals surface area contributed by atoms with E-state index in [9.17, 15) is 9.59 Å². The largest absolute Gasteiger partial charge is 0.373 e. The van der Waals surface area contributed by atoms with E-state index < -0.39 is 0 Å². The Labute approximate surface area is 76.6 Å². The number of carbonyl (C=O) groups excluding carboxylic acids is 2. The number of fused-ring (bicyclic) bond motifs is 2. The van der Waals surface area contributed by atoms with Gasteiger partial charge in [-0.3, -0.25) is 4.79 Å². The van der Waals surface area contributed by atoms with Gasteiger partial charge in [0.1, 0.15) is 11.6 Å². The first-order chi connectivity index (χ1) is 6.26. The Kier molecular flexibility index (Phi) is 1.85. The summed E-state index contributed by atoms with van der Waals surface area (Å²) < 4.78 is 0. The van der Waals surface area contributed by atoms with Gasteiger partial charge in [0.25, 0.3) is 0 Å². The molecule has 2 heterocycles. The highest BCUT2D eigenvalue weighted by molar-refractivity contribution is 5.78.